The van der Waals surface area contributed by atoms with Crippen molar-refractivity contribution in [2.45, 2.75) is 6.42 Å². The molecule has 0 aliphatic carbocycles. The first-order valence-electron chi connectivity index (χ1n) is 14.4. The molecular weight excluding hydrogens is 540 g/mol. The van der Waals surface area contributed by atoms with E-state index >= 15 is 0 Å². The van der Waals surface area contributed by atoms with Crippen molar-refractivity contribution in [2.24, 2.45) is 0 Å². The molecule has 206 valence electrons. The molecule has 6 aromatic rings. The van der Waals surface area contributed by atoms with Crippen LogP contribution >= 0.6 is 0 Å². The summed E-state index contributed by atoms with van der Waals surface area (Å²) in [4.78, 5) is 4.37. The van der Waals surface area contributed by atoms with Crippen LogP contribution < -0.4 is 14.5 Å². The Labute approximate surface area is 255 Å². The summed E-state index contributed by atoms with van der Waals surface area (Å²) in [5.74, 6) is 1.48. The molecule has 44 heavy (non-hydrogen) atoms. The van der Waals surface area contributed by atoms with Gasteiger partial charge in [-0.3, -0.25) is 0 Å². The molecule has 0 aromatic heterocycles. The van der Waals surface area contributed by atoms with Crippen LogP contribution in [0.25, 0.3) is 11.1 Å². The topological polar surface area (TPSA) is 63.3 Å². The summed E-state index contributed by atoms with van der Waals surface area (Å²) < 4.78 is 6.22. The molecule has 0 spiro atoms. The number of hydrogen-bond donors (Lipinski definition) is 0. The van der Waals surface area contributed by atoms with Crippen LogP contribution in [0, 0.1) is 22.7 Å². The van der Waals surface area contributed by atoms with Gasteiger partial charge in [-0.2, -0.15) is 10.5 Å². The minimum Gasteiger partial charge on any atom is -0.453 e. The van der Waals surface area contributed by atoms with Crippen molar-refractivity contribution < 1.29 is 4.74 Å². The summed E-state index contributed by atoms with van der Waals surface area (Å²) in [5, 5.41) is 20.3. The number of para-hydroxylation sites is 6. The van der Waals surface area contributed by atoms with Crippen molar-refractivity contribution in [3.8, 4) is 34.8 Å². The lowest BCUT2D eigenvalue weighted by Crippen LogP contribution is -2.18. The zero-order chi connectivity index (χ0) is 29.6. The van der Waals surface area contributed by atoms with Gasteiger partial charge in [0.15, 0.2) is 11.5 Å². The highest BCUT2D eigenvalue weighted by molar-refractivity contribution is 5.90. The van der Waals surface area contributed by atoms with Gasteiger partial charge in [0.05, 0.1) is 34.6 Å². The average molecular weight is 565 g/mol. The van der Waals surface area contributed by atoms with Crippen molar-refractivity contribution in [3.63, 3.8) is 0 Å². The van der Waals surface area contributed by atoms with E-state index in [0.717, 1.165) is 63.2 Å². The van der Waals surface area contributed by atoms with Crippen LogP contribution in [0.1, 0.15) is 22.3 Å². The van der Waals surface area contributed by atoms with Gasteiger partial charge in [-0.05, 0) is 95.1 Å². The Morgan fingerprint density at radius 1 is 0.477 bits per heavy atom. The Hall–Kier alpha value is -6.30. The number of nitriles is 2. The van der Waals surface area contributed by atoms with E-state index in [-0.39, 0.29) is 0 Å². The largest absolute Gasteiger partial charge is 0.453 e. The number of ether oxygens (including phenoxy) is 1. The number of nitrogens with zero attached hydrogens (tertiary/aromatic N) is 4. The van der Waals surface area contributed by atoms with Gasteiger partial charge in [0, 0.05) is 29.2 Å². The molecule has 2 aliphatic rings. The molecule has 0 fully saturated rings. The van der Waals surface area contributed by atoms with Gasteiger partial charge in [-0.15, -0.1) is 0 Å². The van der Waals surface area contributed by atoms with E-state index in [1.54, 1.807) is 0 Å². The summed E-state index contributed by atoms with van der Waals surface area (Å²) in [6.45, 7) is 0. The number of rotatable bonds is 3. The normalized spacial score (nSPS) is 12.5. The second-order valence-electron chi connectivity index (χ2n) is 10.9. The van der Waals surface area contributed by atoms with E-state index in [4.69, 9.17) is 4.74 Å². The van der Waals surface area contributed by atoms with Crippen LogP contribution in [0.15, 0.2) is 133 Å². The Morgan fingerprint density at radius 3 is 1.36 bits per heavy atom. The lowest BCUT2D eigenvalue weighted by atomic mass is 9.93. The average Bonchev–Trinajstić information content (AvgIpc) is 3.09. The summed E-state index contributed by atoms with van der Waals surface area (Å²) in [5.41, 5.74) is 10.9. The Balaban J connectivity index is 1.32. The van der Waals surface area contributed by atoms with E-state index in [1.807, 2.05) is 72.8 Å². The van der Waals surface area contributed by atoms with E-state index in [2.05, 4.69) is 82.6 Å². The maximum Gasteiger partial charge on any atom is 0.151 e. The van der Waals surface area contributed by atoms with Crippen LogP contribution in [0.2, 0.25) is 0 Å². The van der Waals surface area contributed by atoms with E-state index in [9.17, 15) is 10.5 Å². The quantitative estimate of drug-likeness (QED) is 0.214. The first-order valence-corrected chi connectivity index (χ1v) is 14.4. The molecular formula is C39H24N4O. The molecule has 0 radical (unpaired) electrons. The highest BCUT2D eigenvalue weighted by Crippen LogP contribution is 2.51. The molecule has 0 N–H and O–H groups in total. The molecule has 6 aromatic carbocycles. The number of benzene rings is 6. The van der Waals surface area contributed by atoms with E-state index in [1.165, 1.54) is 11.1 Å². The molecule has 2 heterocycles. The summed E-state index contributed by atoms with van der Waals surface area (Å²) in [6, 6.07) is 49.2. The molecule has 8 rings (SSSR count). The molecule has 0 amide bonds. The van der Waals surface area contributed by atoms with Crippen LogP contribution in [0.3, 0.4) is 0 Å². The van der Waals surface area contributed by atoms with Gasteiger partial charge < -0.3 is 14.5 Å². The zero-order valence-electron chi connectivity index (χ0n) is 23.6. The summed E-state index contributed by atoms with van der Waals surface area (Å²) >= 11 is 0. The summed E-state index contributed by atoms with van der Waals surface area (Å²) in [6.07, 6.45) is 0.851. The first-order chi connectivity index (χ1) is 21.7. The van der Waals surface area contributed by atoms with Crippen LogP contribution in [0.5, 0.6) is 11.5 Å². The second kappa shape index (κ2) is 10.2. The van der Waals surface area contributed by atoms with Crippen LogP contribution in [-0.4, -0.2) is 0 Å². The van der Waals surface area contributed by atoms with E-state index < -0.39 is 0 Å². The maximum atomic E-state index is 10.2. The van der Waals surface area contributed by atoms with Gasteiger partial charge in [0.2, 0.25) is 0 Å². The Kier molecular flexibility index (Phi) is 5.89. The Bertz CT molecular complexity index is 1940. The number of anilines is 6. The zero-order valence-corrected chi connectivity index (χ0v) is 23.6. The molecule has 2 aliphatic heterocycles. The third-order valence-electron chi connectivity index (χ3n) is 8.22. The molecule has 0 bridgehead atoms. The van der Waals surface area contributed by atoms with Crippen molar-refractivity contribution >= 4 is 34.1 Å². The fourth-order valence-corrected chi connectivity index (χ4v) is 6.30. The smallest absolute Gasteiger partial charge is 0.151 e. The van der Waals surface area contributed by atoms with Crippen molar-refractivity contribution in [1.82, 2.24) is 0 Å². The SMILES string of the molecule is N#Cc1cc(-c2cc(C#N)cc(N3c4ccccc4Oc4ccccc43)c2)cc(N2c3ccccc3Cc3ccccc32)c1. The lowest BCUT2D eigenvalue weighted by molar-refractivity contribution is 0.477. The lowest BCUT2D eigenvalue weighted by Gasteiger charge is -2.34. The summed E-state index contributed by atoms with van der Waals surface area (Å²) in [7, 11) is 0. The molecule has 5 nitrogen and oxygen atoms in total. The minimum atomic E-state index is 0.525. The standard InChI is InChI=1S/C39H24N4O/c40-24-26-17-30(22-32(19-26)42-34-11-3-1-9-28(34)21-29-10-2-4-12-35(29)42)31-18-27(25-41)20-33(23-31)43-36-13-5-7-15-38(36)44-39-16-8-6-14-37(39)43/h1-20,22-23H,21H2. The molecule has 0 unspecified atom stereocenters. The van der Waals surface area contributed by atoms with E-state index in [0.29, 0.717) is 11.1 Å². The predicted octanol–water partition coefficient (Wildman–Crippen LogP) is 10.0. The third kappa shape index (κ3) is 4.16. The van der Waals surface area contributed by atoms with Gasteiger partial charge >= 0.3 is 0 Å². The fraction of sp³-hybridized carbons (Fsp3) is 0.0256. The van der Waals surface area contributed by atoms with Gasteiger partial charge in [-0.1, -0.05) is 60.7 Å². The first kappa shape index (κ1) is 25.4. The third-order valence-corrected chi connectivity index (χ3v) is 8.22. The van der Waals surface area contributed by atoms with Gasteiger partial charge in [-0.25, -0.2) is 0 Å². The van der Waals surface area contributed by atoms with Gasteiger partial charge in [0.1, 0.15) is 0 Å². The monoisotopic (exact) mass is 564 g/mol. The van der Waals surface area contributed by atoms with Crippen molar-refractivity contribution in [3.05, 3.63) is 156 Å². The van der Waals surface area contributed by atoms with Crippen molar-refractivity contribution in [2.75, 3.05) is 9.80 Å². The second-order valence-corrected chi connectivity index (χ2v) is 10.9. The maximum absolute atomic E-state index is 10.2. The molecule has 0 saturated heterocycles. The predicted molar refractivity (Wildman–Crippen MR) is 174 cm³/mol. The number of hydrogen-bond acceptors (Lipinski definition) is 5. The van der Waals surface area contributed by atoms with Crippen LogP contribution in [-0.2, 0) is 6.42 Å². The number of fused-ring (bicyclic) bond motifs is 4. The molecule has 5 heteroatoms. The van der Waals surface area contributed by atoms with Gasteiger partial charge in [0.25, 0.3) is 0 Å². The van der Waals surface area contributed by atoms with Crippen LogP contribution in [0.4, 0.5) is 34.1 Å². The Morgan fingerprint density at radius 2 is 0.886 bits per heavy atom. The fourth-order valence-electron chi connectivity index (χ4n) is 6.30. The minimum absolute atomic E-state index is 0.525. The highest BCUT2D eigenvalue weighted by atomic mass is 16.5. The molecule has 0 saturated carbocycles. The van der Waals surface area contributed by atoms with Crippen molar-refractivity contribution in [1.29, 1.82) is 10.5 Å². The highest BCUT2D eigenvalue weighted by Gasteiger charge is 2.27. The molecule has 0 atom stereocenters.